The number of nitrogens with one attached hydrogen (secondary N) is 2. The molecule has 1 aromatic heterocycles. The van der Waals surface area contributed by atoms with Crippen molar-refractivity contribution in [2.45, 2.75) is 12.3 Å². The van der Waals surface area contributed by atoms with Gasteiger partial charge in [-0.2, -0.15) is 5.10 Å². The van der Waals surface area contributed by atoms with Gasteiger partial charge in [-0.25, -0.2) is 8.78 Å². The minimum absolute atomic E-state index is 0.301. The number of carbonyl (C=O) groups is 1. The van der Waals surface area contributed by atoms with Gasteiger partial charge in [-0.15, -0.1) is 0 Å². The van der Waals surface area contributed by atoms with E-state index in [9.17, 15) is 13.6 Å². The van der Waals surface area contributed by atoms with Crippen LogP contribution in [0.3, 0.4) is 0 Å². The molecule has 0 radical (unpaired) electrons. The molecule has 4 aromatic rings. The number of halogens is 2. The van der Waals surface area contributed by atoms with Crippen LogP contribution in [0.5, 0.6) is 0 Å². The van der Waals surface area contributed by atoms with E-state index in [1.54, 1.807) is 32.4 Å². The van der Waals surface area contributed by atoms with Crippen LogP contribution in [-0.4, -0.2) is 95.4 Å². The number of carbonyl (C=O) groups excluding carboxylic acids is 1. The fourth-order valence-corrected chi connectivity index (χ4v) is 5.56. The maximum atomic E-state index is 14.0. The van der Waals surface area contributed by atoms with Crippen LogP contribution < -0.4 is 15.1 Å². The van der Waals surface area contributed by atoms with E-state index in [0.717, 1.165) is 37.9 Å². The summed E-state index contributed by atoms with van der Waals surface area (Å²) in [5, 5.41) is 10.9. The lowest BCUT2D eigenvalue weighted by Gasteiger charge is -2.35. The van der Waals surface area contributed by atoms with Gasteiger partial charge >= 0.3 is 0 Å². The summed E-state index contributed by atoms with van der Waals surface area (Å²) in [6.45, 7) is 3.95. The van der Waals surface area contributed by atoms with E-state index in [4.69, 9.17) is 14.2 Å². The number of amides is 1. The number of nitrogens with zero attached hydrogens (tertiary/aromatic N) is 4. The number of aromatic nitrogens is 2. The van der Waals surface area contributed by atoms with Crippen molar-refractivity contribution in [1.82, 2.24) is 15.1 Å². The van der Waals surface area contributed by atoms with Crippen LogP contribution in [-0.2, 0) is 14.2 Å². The number of ether oxygens (including phenoxy) is 3. The molecule has 12 heteroatoms. The van der Waals surface area contributed by atoms with E-state index in [-0.39, 0.29) is 5.91 Å². The van der Waals surface area contributed by atoms with Crippen molar-refractivity contribution in [3.8, 4) is 0 Å². The Labute approximate surface area is 255 Å². The summed E-state index contributed by atoms with van der Waals surface area (Å²) >= 11 is 0. The fourth-order valence-electron chi connectivity index (χ4n) is 5.56. The molecule has 2 N–H and O–H groups in total. The van der Waals surface area contributed by atoms with Crippen LogP contribution in [0.25, 0.3) is 10.9 Å². The van der Waals surface area contributed by atoms with Gasteiger partial charge in [-0.1, -0.05) is 6.07 Å². The second-order valence-electron chi connectivity index (χ2n) is 10.9. The molecule has 2 unspecified atom stereocenters. The number of hydrogen-bond donors (Lipinski definition) is 2. The van der Waals surface area contributed by atoms with E-state index >= 15 is 0 Å². The Bertz CT molecular complexity index is 1590. The third kappa shape index (κ3) is 6.68. The zero-order valence-corrected chi connectivity index (χ0v) is 25.6. The molecule has 0 spiro atoms. The van der Waals surface area contributed by atoms with Crippen molar-refractivity contribution in [3.05, 3.63) is 82.9 Å². The molecule has 1 aliphatic heterocycles. The van der Waals surface area contributed by atoms with Crippen molar-refractivity contribution in [2.75, 3.05) is 83.3 Å². The van der Waals surface area contributed by atoms with Gasteiger partial charge in [-0.05, 0) is 60.6 Å². The lowest BCUT2D eigenvalue weighted by molar-refractivity contribution is 0.0294. The van der Waals surface area contributed by atoms with E-state index in [2.05, 4.69) is 32.4 Å². The van der Waals surface area contributed by atoms with Gasteiger partial charge in [0.1, 0.15) is 17.7 Å². The summed E-state index contributed by atoms with van der Waals surface area (Å²) in [6, 6.07) is 14.4. The molecule has 0 bridgehead atoms. The molecule has 0 saturated carbocycles. The number of fused-ring (bicyclic) bond motifs is 1. The molecule has 1 saturated heterocycles. The Morgan fingerprint density at radius 2 is 1.70 bits per heavy atom. The molecule has 1 fully saturated rings. The Morgan fingerprint density at radius 3 is 2.36 bits per heavy atom. The van der Waals surface area contributed by atoms with Crippen molar-refractivity contribution in [2.24, 2.45) is 0 Å². The summed E-state index contributed by atoms with van der Waals surface area (Å²) < 4.78 is 44.6. The standard InChI is InChI=1S/C32H38F2N6O4/c1-38-10-12-40(13-11-38)24-7-8-25(28(18-24)39(2)29(43-4)19-42-3)32(41)35-31-26-16-20(6-9-27(26)36-37-31)30(44-5)21-14-22(33)17-23(34)15-21/h6-9,14-18,29-30H,10-13,19H2,1-5H3,(H2,35,36,37,41). The first kappa shape index (κ1) is 31.3. The second kappa shape index (κ2) is 13.7. The first-order valence-electron chi connectivity index (χ1n) is 14.3. The average Bonchev–Trinajstić information content (AvgIpc) is 3.41. The number of piperazine rings is 1. The highest BCUT2D eigenvalue weighted by Crippen LogP contribution is 2.33. The minimum Gasteiger partial charge on any atom is -0.380 e. The van der Waals surface area contributed by atoms with Crippen LogP contribution in [0, 0.1) is 11.6 Å². The summed E-state index contributed by atoms with van der Waals surface area (Å²) in [5.74, 6) is -1.44. The monoisotopic (exact) mass is 608 g/mol. The molecule has 10 nitrogen and oxygen atoms in total. The van der Waals surface area contributed by atoms with Gasteiger partial charge < -0.3 is 34.2 Å². The van der Waals surface area contributed by atoms with Gasteiger partial charge in [0.05, 0.1) is 23.4 Å². The Balaban J connectivity index is 1.47. The lowest BCUT2D eigenvalue weighted by Crippen LogP contribution is -2.44. The highest BCUT2D eigenvalue weighted by atomic mass is 19.1. The second-order valence-corrected chi connectivity index (χ2v) is 10.9. The number of H-pyrrole nitrogens is 1. The van der Waals surface area contributed by atoms with E-state index in [0.29, 0.717) is 45.7 Å². The topological polar surface area (TPSA) is 95.2 Å². The van der Waals surface area contributed by atoms with Crippen LogP contribution in [0.1, 0.15) is 27.6 Å². The number of likely N-dealkylation sites (N-methyl/N-ethyl adjacent to an activating group) is 2. The third-order valence-corrected chi connectivity index (χ3v) is 8.03. The zero-order valence-electron chi connectivity index (χ0n) is 25.6. The van der Waals surface area contributed by atoms with Crippen LogP contribution in [0.15, 0.2) is 54.6 Å². The number of benzene rings is 3. The lowest BCUT2D eigenvalue weighted by atomic mass is 9.99. The van der Waals surface area contributed by atoms with Gasteiger partial charge in [0, 0.05) is 71.7 Å². The summed E-state index contributed by atoms with van der Waals surface area (Å²) in [6.07, 6.45) is -1.17. The first-order valence-corrected chi connectivity index (χ1v) is 14.3. The highest BCUT2D eigenvalue weighted by molar-refractivity contribution is 6.11. The number of hydrogen-bond acceptors (Lipinski definition) is 8. The molecule has 0 aliphatic carbocycles. The predicted molar refractivity (Wildman–Crippen MR) is 166 cm³/mol. The highest BCUT2D eigenvalue weighted by Gasteiger charge is 2.25. The van der Waals surface area contributed by atoms with E-state index in [1.165, 1.54) is 19.2 Å². The summed E-state index contributed by atoms with van der Waals surface area (Å²) in [7, 11) is 8.64. The molecule has 2 heterocycles. The molecule has 234 valence electrons. The van der Waals surface area contributed by atoms with Crippen molar-refractivity contribution >= 4 is 34.0 Å². The van der Waals surface area contributed by atoms with Crippen molar-refractivity contribution in [3.63, 3.8) is 0 Å². The molecule has 3 aromatic carbocycles. The van der Waals surface area contributed by atoms with Crippen LogP contribution in [0.2, 0.25) is 0 Å². The molecule has 1 aliphatic rings. The number of methoxy groups -OCH3 is 3. The summed E-state index contributed by atoms with van der Waals surface area (Å²) in [4.78, 5) is 20.3. The summed E-state index contributed by atoms with van der Waals surface area (Å²) in [5.41, 5.74) is 3.76. The third-order valence-electron chi connectivity index (χ3n) is 8.03. The maximum Gasteiger partial charge on any atom is 0.258 e. The Kier molecular flexibility index (Phi) is 9.74. The Morgan fingerprint density at radius 1 is 0.977 bits per heavy atom. The quantitative estimate of drug-likeness (QED) is 0.238. The number of anilines is 3. The van der Waals surface area contributed by atoms with Crippen LogP contribution >= 0.6 is 0 Å². The first-order chi connectivity index (χ1) is 21.2. The molecular formula is C32H38F2N6O4. The smallest absolute Gasteiger partial charge is 0.258 e. The van der Waals surface area contributed by atoms with Gasteiger partial charge in [0.2, 0.25) is 0 Å². The largest absolute Gasteiger partial charge is 0.380 e. The Hall–Kier alpha value is -4.10. The van der Waals surface area contributed by atoms with E-state index < -0.39 is 24.0 Å². The molecule has 2 atom stereocenters. The maximum absolute atomic E-state index is 14.0. The normalized spacial score (nSPS) is 15.4. The molecule has 1 amide bonds. The van der Waals surface area contributed by atoms with E-state index in [1.807, 2.05) is 30.1 Å². The number of rotatable bonds is 11. The predicted octanol–water partition coefficient (Wildman–Crippen LogP) is 4.64. The van der Waals surface area contributed by atoms with Gasteiger partial charge in [0.25, 0.3) is 5.91 Å². The fraction of sp³-hybridized carbons (Fsp3) is 0.375. The molecule has 5 rings (SSSR count). The molecular weight excluding hydrogens is 570 g/mol. The molecule has 44 heavy (non-hydrogen) atoms. The minimum atomic E-state index is -0.739. The average molecular weight is 609 g/mol. The van der Waals surface area contributed by atoms with Crippen molar-refractivity contribution < 1.29 is 27.8 Å². The SMILES string of the molecule is COCC(OC)N(C)c1cc(N2CCN(C)CC2)ccc1C(=O)Nc1n[nH]c2ccc(C(OC)c3cc(F)cc(F)c3)cc12. The van der Waals surface area contributed by atoms with Gasteiger partial charge in [0.15, 0.2) is 12.0 Å². The van der Waals surface area contributed by atoms with Crippen LogP contribution in [0.4, 0.5) is 26.0 Å². The zero-order chi connectivity index (χ0) is 31.4. The van der Waals surface area contributed by atoms with Gasteiger partial charge in [-0.3, -0.25) is 9.89 Å². The van der Waals surface area contributed by atoms with Crippen molar-refractivity contribution in [1.29, 1.82) is 0 Å². The number of aromatic amines is 1.